The van der Waals surface area contributed by atoms with Crippen molar-refractivity contribution in [2.24, 2.45) is 0 Å². The van der Waals surface area contributed by atoms with Gasteiger partial charge < -0.3 is 24.6 Å². The zero-order valence-corrected chi connectivity index (χ0v) is 23.3. The first-order chi connectivity index (χ1) is 19.3. The lowest BCUT2D eigenvalue weighted by Gasteiger charge is -2.20. The molecule has 12 heteroatoms. The Kier molecular flexibility index (Phi) is 9.01. The predicted molar refractivity (Wildman–Crippen MR) is 143 cm³/mol. The number of rotatable bonds is 7. The van der Waals surface area contributed by atoms with Crippen molar-refractivity contribution in [3.63, 3.8) is 0 Å². The van der Waals surface area contributed by atoms with Crippen LogP contribution in [0.5, 0.6) is 0 Å². The van der Waals surface area contributed by atoms with E-state index in [0.717, 1.165) is 30.5 Å². The number of hydrogen-bond acceptors (Lipinski definition) is 7. The van der Waals surface area contributed by atoms with Crippen LogP contribution in [0.25, 0.3) is 11.1 Å². The number of nitrogens with zero attached hydrogens (tertiary/aromatic N) is 2. The largest absolute Gasteiger partial charge is 0.444 e. The van der Waals surface area contributed by atoms with Crippen LogP contribution in [0.4, 0.5) is 18.0 Å². The van der Waals surface area contributed by atoms with Crippen molar-refractivity contribution in [3.8, 4) is 11.1 Å². The van der Waals surface area contributed by atoms with Crippen LogP contribution >= 0.6 is 0 Å². The van der Waals surface area contributed by atoms with Gasteiger partial charge in [0.15, 0.2) is 0 Å². The van der Waals surface area contributed by atoms with Crippen LogP contribution in [0.3, 0.4) is 0 Å². The summed E-state index contributed by atoms with van der Waals surface area (Å²) in [6.45, 7) is 8.09. The molecule has 2 heterocycles. The molecule has 2 N–H and O–H groups in total. The van der Waals surface area contributed by atoms with E-state index in [2.05, 4.69) is 20.8 Å². The van der Waals surface area contributed by atoms with E-state index in [1.807, 2.05) is 0 Å². The summed E-state index contributed by atoms with van der Waals surface area (Å²) in [6.07, 6.45) is -3.72. The van der Waals surface area contributed by atoms with Gasteiger partial charge in [-0.25, -0.2) is 4.79 Å². The zero-order valence-electron chi connectivity index (χ0n) is 23.3. The van der Waals surface area contributed by atoms with Gasteiger partial charge in [0.25, 0.3) is 11.7 Å². The lowest BCUT2D eigenvalue weighted by molar-refractivity contribution is -0.137. The second-order valence-electron chi connectivity index (χ2n) is 10.9. The third-order valence-corrected chi connectivity index (χ3v) is 6.54. The minimum absolute atomic E-state index is 0.0306. The Morgan fingerprint density at radius 1 is 1.07 bits per heavy atom. The molecule has 3 aromatic rings. The Hall–Kier alpha value is -3.93. The summed E-state index contributed by atoms with van der Waals surface area (Å²) < 4.78 is 56.4. The van der Waals surface area contributed by atoms with E-state index in [1.54, 1.807) is 52.0 Å². The molecule has 1 fully saturated rings. The molecule has 2 amide bonds. The quantitative estimate of drug-likeness (QED) is 0.347. The minimum Gasteiger partial charge on any atom is -0.444 e. The molecule has 0 spiro atoms. The van der Waals surface area contributed by atoms with E-state index in [4.69, 9.17) is 14.0 Å². The summed E-state index contributed by atoms with van der Waals surface area (Å²) in [5, 5.41) is 9.23. The normalized spacial score (nSPS) is 15.3. The molecule has 220 valence electrons. The lowest BCUT2D eigenvalue weighted by atomic mass is 9.95. The Labute approximate surface area is 235 Å². The number of nitrogens with one attached hydrogen (secondary N) is 2. The number of benzene rings is 2. The van der Waals surface area contributed by atoms with E-state index in [-0.39, 0.29) is 18.3 Å². The summed E-state index contributed by atoms with van der Waals surface area (Å²) in [5.74, 6) is -0.102. The Morgan fingerprint density at radius 3 is 2.39 bits per heavy atom. The molecule has 0 aliphatic carbocycles. The van der Waals surface area contributed by atoms with E-state index >= 15 is 0 Å². The van der Waals surface area contributed by atoms with Gasteiger partial charge >= 0.3 is 12.3 Å². The second kappa shape index (κ2) is 12.3. The molecule has 1 aliphatic rings. The third kappa shape index (κ3) is 8.06. The smallest absolute Gasteiger partial charge is 0.416 e. The van der Waals surface area contributed by atoms with Crippen molar-refractivity contribution in [2.75, 3.05) is 13.2 Å². The van der Waals surface area contributed by atoms with Crippen LogP contribution in [0.1, 0.15) is 85.7 Å². The van der Waals surface area contributed by atoms with Gasteiger partial charge in [0.1, 0.15) is 5.60 Å². The number of carbonyl (C=O) groups is 2. The average Bonchev–Trinajstić information content (AvgIpc) is 3.42. The molecule has 4 rings (SSSR count). The van der Waals surface area contributed by atoms with Crippen LogP contribution in [0, 0.1) is 0 Å². The van der Waals surface area contributed by atoms with Gasteiger partial charge in [-0.1, -0.05) is 35.5 Å². The molecule has 9 nitrogen and oxygen atoms in total. The van der Waals surface area contributed by atoms with E-state index in [9.17, 15) is 22.8 Å². The molecule has 0 unspecified atom stereocenters. The van der Waals surface area contributed by atoms with Gasteiger partial charge in [-0.3, -0.25) is 4.79 Å². The lowest BCUT2D eigenvalue weighted by Crippen LogP contribution is -2.32. The van der Waals surface area contributed by atoms with Gasteiger partial charge in [0.2, 0.25) is 5.89 Å². The fraction of sp³-hybridized carbons (Fsp3) is 0.448. The van der Waals surface area contributed by atoms with Crippen LogP contribution in [-0.2, 0) is 22.2 Å². The number of alkyl carbamates (subject to hydrolysis) is 1. The number of ether oxygens (including phenoxy) is 2. The molecule has 1 aliphatic heterocycles. The molecule has 1 aromatic heterocycles. The SMILES string of the molecule is C[C@@H](NC(=O)c1noc(C2CCOCC2)n1)c1ccc(-c2cc(C(F)(F)F)ccc2CNC(=O)OC(C)(C)C)cc1. The van der Waals surface area contributed by atoms with E-state index in [1.165, 1.54) is 6.07 Å². The van der Waals surface area contributed by atoms with Gasteiger partial charge in [-0.2, -0.15) is 18.2 Å². The van der Waals surface area contributed by atoms with Gasteiger partial charge in [0.05, 0.1) is 11.6 Å². The summed E-state index contributed by atoms with van der Waals surface area (Å²) in [6, 6.07) is 9.70. The highest BCUT2D eigenvalue weighted by Gasteiger charge is 2.31. The van der Waals surface area contributed by atoms with Crippen molar-refractivity contribution in [2.45, 2.75) is 70.8 Å². The molecule has 0 bridgehead atoms. The maximum absolute atomic E-state index is 13.5. The number of alkyl halides is 3. The summed E-state index contributed by atoms with van der Waals surface area (Å²) in [4.78, 5) is 29.1. The van der Waals surface area contributed by atoms with Crippen LogP contribution in [-0.4, -0.2) is 41.0 Å². The number of aromatic nitrogens is 2. The fourth-order valence-corrected chi connectivity index (χ4v) is 4.39. The molecule has 1 saturated heterocycles. The minimum atomic E-state index is -4.54. The molecular weight excluding hydrogens is 541 g/mol. The molecule has 2 aromatic carbocycles. The van der Waals surface area contributed by atoms with E-state index in [0.29, 0.717) is 35.8 Å². The highest BCUT2D eigenvalue weighted by atomic mass is 19.4. The maximum atomic E-state index is 13.5. The monoisotopic (exact) mass is 574 g/mol. The number of halogens is 3. The topological polar surface area (TPSA) is 116 Å². The highest BCUT2D eigenvalue weighted by molar-refractivity contribution is 5.90. The van der Waals surface area contributed by atoms with Gasteiger partial charge in [0, 0.05) is 25.7 Å². The molecule has 0 radical (unpaired) electrons. The number of carbonyl (C=O) groups excluding carboxylic acids is 2. The fourth-order valence-electron chi connectivity index (χ4n) is 4.39. The Morgan fingerprint density at radius 2 is 1.76 bits per heavy atom. The second-order valence-corrected chi connectivity index (χ2v) is 10.9. The standard InChI is InChI=1S/C29H33F3N4O5/c1-17(34-25(37)24-35-26(41-36-24)20-11-13-39-14-12-20)18-5-7-19(8-6-18)23-15-22(29(30,31)32)10-9-21(23)16-33-27(38)40-28(2,3)4/h5-10,15,17,20H,11-14,16H2,1-4H3,(H,33,38)(H,34,37)/t17-/m1/s1. The van der Waals surface area contributed by atoms with Crippen molar-refractivity contribution < 1.29 is 36.8 Å². The van der Waals surface area contributed by atoms with Crippen molar-refractivity contribution >= 4 is 12.0 Å². The van der Waals surface area contributed by atoms with Crippen LogP contribution in [0.2, 0.25) is 0 Å². The van der Waals surface area contributed by atoms with Crippen molar-refractivity contribution in [1.82, 2.24) is 20.8 Å². The van der Waals surface area contributed by atoms with Crippen LogP contribution < -0.4 is 10.6 Å². The van der Waals surface area contributed by atoms with Crippen molar-refractivity contribution in [1.29, 1.82) is 0 Å². The van der Waals surface area contributed by atoms with Gasteiger partial charge in [-0.05, 0) is 74.9 Å². The van der Waals surface area contributed by atoms with E-state index < -0.39 is 35.4 Å². The molecule has 0 saturated carbocycles. The zero-order chi connectivity index (χ0) is 29.8. The molecular formula is C29H33F3N4O5. The highest BCUT2D eigenvalue weighted by Crippen LogP contribution is 2.34. The third-order valence-electron chi connectivity index (χ3n) is 6.54. The first kappa shape index (κ1) is 30.0. The van der Waals surface area contributed by atoms with Gasteiger partial charge in [-0.15, -0.1) is 0 Å². The number of hydrogen-bond donors (Lipinski definition) is 2. The molecule has 1 atom stereocenters. The Balaban J connectivity index is 1.48. The first-order valence-corrected chi connectivity index (χ1v) is 13.3. The van der Waals surface area contributed by atoms with Crippen molar-refractivity contribution in [3.05, 3.63) is 70.9 Å². The molecule has 41 heavy (non-hydrogen) atoms. The Bertz CT molecular complexity index is 1360. The summed E-state index contributed by atoms with van der Waals surface area (Å²) >= 11 is 0. The summed E-state index contributed by atoms with van der Waals surface area (Å²) in [5.41, 5.74) is 0.501. The average molecular weight is 575 g/mol. The summed E-state index contributed by atoms with van der Waals surface area (Å²) in [7, 11) is 0. The van der Waals surface area contributed by atoms with Crippen LogP contribution in [0.15, 0.2) is 47.0 Å². The number of amides is 2. The maximum Gasteiger partial charge on any atom is 0.416 e. The predicted octanol–water partition coefficient (Wildman–Crippen LogP) is 6.17. The first-order valence-electron chi connectivity index (χ1n) is 13.3.